The van der Waals surface area contributed by atoms with Gasteiger partial charge < -0.3 is 14.2 Å². The lowest BCUT2D eigenvalue weighted by Crippen LogP contribution is -2.20. The highest BCUT2D eigenvalue weighted by atomic mass is 32.1. The molecule has 1 aliphatic carbocycles. The summed E-state index contributed by atoms with van der Waals surface area (Å²) in [6.45, 7) is -0.134. The van der Waals surface area contributed by atoms with Crippen molar-refractivity contribution in [1.29, 1.82) is 0 Å². The van der Waals surface area contributed by atoms with Crippen LogP contribution >= 0.6 is 11.3 Å². The first-order valence-electron chi connectivity index (χ1n) is 10.7. The van der Waals surface area contributed by atoms with E-state index in [1.54, 1.807) is 60.9 Å². The van der Waals surface area contributed by atoms with Gasteiger partial charge in [0, 0.05) is 10.9 Å². The Labute approximate surface area is 195 Å². The summed E-state index contributed by atoms with van der Waals surface area (Å²) in [5.41, 5.74) is 2.33. The second-order valence-electron chi connectivity index (χ2n) is 7.81. The molecule has 168 valence electrons. The third-order valence-corrected chi connectivity index (χ3v) is 6.57. The molecule has 1 amide bonds. The Morgan fingerprint density at radius 3 is 2.91 bits per heavy atom. The van der Waals surface area contributed by atoms with Gasteiger partial charge in [-0.05, 0) is 61.6 Å². The van der Waals surface area contributed by atoms with Crippen molar-refractivity contribution in [2.75, 3.05) is 19.0 Å². The van der Waals surface area contributed by atoms with E-state index in [-0.39, 0.29) is 24.1 Å². The second kappa shape index (κ2) is 9.07. The van der Waals surface area contributed by atoms with Crippen LogP contribution in [0, 0.1) is 0 Å². The molecule has 7 nitrogen and oxygen atoms in total. The Bertz CT molecular complexity index is 1240. The number of nitrogens with one attached hydrogen (secondary N) is 1. The molecule has 0 bridgehead atoms. The fraction of sp³-hybridized carbons (Fsp3) is 0.240. The van der Waals surface area contributed by atoms with Gasteiger partial charge in [0.15, 0.2) is 17.5 Å². The number of ether oxygens (including phenoxy) is 3. The van der Waals surface area contributed by atoms with Crippen LogP contribution in [0.2, 0.25) is 0 Å². The molecule has 2 heterocycles. The van der Waals surface area contributed by atoms with Gasteiger partial charge in [0.2, 0.25) is 5.78 Å². The smallest absolute Gasteiger partial charge is 0.264 e. The summed E-state index contributed by atoms with van der Waals surface area (Å²) < 4.78 is 16.6. The fourth-order valence-corrected chi connectivity index (χ4v) is 4.92. The van der Waals surface area contributed by atoms with E-state index < -0.39 is 0 Å². The summed E-state index contributed by atoms with van der Waals surface area (Å²) in [5.74, 6) is 1.38. The van der Waals surface area contributed by atoms with Crippen molar-refractivity contribution in [2.24, 2.45) is 0 Å². The number of carbonyl (C=O) groups excluding carboxylic acids is 2. The number of thiazole rings is 1. The van der Waals surface area contributed by atoms with Gasteiger partial charge in [-0.3, -0.25) is 14.9 Å². The maximum Gasteiger partial charge on any atom is 0.264 e. The van der Waals surface area contributed by atoms with Gasteiger partial charge in [0.1, 0.15) is 17.2 Å². The molecular weight excluding hydrogens is 440 g/mol. The van der Waals surface area contributed by atoms with E-state index in [0.717, 1.165) is 30.5 Å². The van der Waals surface area contributed by atoms with Gasteiger partial charge in [-0.25, -0.2) is 4.98 Å². The number of anilines is 1. The average Bonchev–Trinajstić information content (AvgIpc) is 3.37. The molecule has 0 radical (unpaired) electrons. The van der Waals surface area contributed by atoms with Crippen LogP contribution in [0.1, 0.15) is 39.3 Å². The lowest BCUT2D eigenvalue weighted by atomic mass is 10.0. The first-order chi connectivity index (χ1) is 16.1. The molecule has 0 spiro atoms. The minimum absolute atomic E-state index is 0.134. The van der Waals surface area contributed by atoms with Crippen LogP contribution in [0.3, 0.4) is 0 Å². The van der Waals surface area contributed by atoms with E-state index >= 15 is 0 Å². The average molecular weight is 463 g/mol. The number of fused-ring (bicyclic) bond motifs is 2. The number of aromatic nitrogens is 1. The number of hydrogen-bond acceptors (Lipinski definition) is 7. The summed E-state index contributed by atoms with van der Waals surface area (Å²) in [6, 6.07) is 12.2. The number of methoxy groups -OCH3 is 1. The van der Waals surface area contributed by atoms with E-state index in [0.29, 0.717) is 27.9 Å². The van der Waals surface area contributed by atoms with E-state index in [2.05, 4.69) is 10.3 Å². The number of carbonyl (C=O) groups is 2. The van der Waals surface area contributed by atoms with E-state index in [9.17, 15) is 9.59 Å². The molecule has 3 aromatic rings. The predicted molar refractivity (Wildman–Crippen MR) is 125 cm³/mol. The van der Waals surface area contributed by atoms with Crippen molar-refractivity contribution in [1.82, 2.24) is 4.98 Å². The maximum absolute atomic E-state index is 12.6. The van der Waals surface area contributed by atoms with Crippen LogP contribution in [0.5, 0.6) is 17.2 Å². The highest BCUT2D eigenvalue weighted by Crippen LogP contribution is 2.35. The van der Waals surface area contributed by atoms with Gasteiger partial charge in [-0.2, -0.15) is 0 Å². The van der Waals surface area contributed by atoms with Crippen LogP contribution in [-0.2, 0) is 17.6 Å². The summed E-state index contributed by atoms with van der Waals surface area (Å²) in [7, 11) is 1.56. The summed E-state index contributed by atoms with van der Waals surface area (Å²) in [4.78, 5) is 30.7. The molecule has 0 unspecified atom stereocenters. The first-order valence-corrected chi connectivity index (χ1v) is 11.5. The molecule has 2 aliphatic rings. The molecule has 5 rings (SSSR count). The number of Topliss-reactive ketones (excluding diaryl/α,β-unsaturated/α-hetero) is 1. The van der Waals surface area contributed by atoms with Gasteiger partial charge >= 0.3 is 0 Å². The molecule has 33 heavy (non-hydrogen) atoms. The van der Waals surface area contributed by atoms with Crippen molar-refractivity contribution >= 4 is 34.2 Å². The monoisotopic (exact) mass is 462 g/mol. The molecule has 8 heteroatoms. The second-order valence-corrected chi connectivity index (χ2v) is 8.89. The van der Waals surface area contributed by atoms with Crippen LogP contribution in [0.4, 0.5) is 5.13 Å². The van der Waals surface area contributed by atoms with E-state index in [1.165, 1.54) is 11.3 Å². The Kier molecular flexibility index (Phi) is 5.83. The zero-order chi connectivity index (χ0) is 22.8. The Morgan fingerprint density at radius 1 is 1.18 bits per heavy atom. The summed E-state index contributed by atoms with van der Waals surface area (Å²) in [6.07, 6.45) is 5.99. The lowest BCUT2D eigenvalue weighted by Gasteiger charge is -2.07. The number of ketones is 1. The first kappa shape index (κ1) is 21.2. The van der Waals surface area contributed by atoms with Crippen molar-refractivity contribution in [2.45, 2.75) is 25.7 Å². The zero-order valence-corrected chi connectivity index (χ0v) is 18.9. The Hall–Kier alpha value is -3.65. The minimum Gasteiger partial charge on any atom is -0.497 e. The molecule has 0 saturated carbocycles. The van der Waals surface area contributed by atoms with Crippen LogP contribution in [0.25, 0.3) is 6.08 Å². The van der Waals surface area contributed by atoms with Crippen LogP contribution in [0.15, 0.2) is 48.2 Å². The van der Waals surface area contributed by atoms with Crippen molar-refractivity contribution in [3.63, 3.8) is 0 Å². The number of amides is 1. The molecule has 2 aromatic carbocycles. The topological polar surface area (TPSA) is 86.8 Å². The minimum atomic E-state index is -0.261. The van der Waals surface area contributed by atoms with Gasteiger partial charge in [0.25, 0.3) is 5.91 Å². The zero-order valence-electron chi connectivity index (χ0n) is 18.1. The third-order valence-electron chi connectivity index (χ3n) is 5.49. The maximum atomic E-state index is 12.6. The van der Waals surface area contributed by atoms with Crippen molar-refractivity contribution in [3.8, 4) is 17.2 Å². The molecule has 1 aliphatic heterocycles. The number of aryl methyl sites for hydroxylation is 2. The van der Waals surface area contributed by atoms with Gasteiger partial charge in [-0.1, -0.05) is 12.1 Å². The molecular formula is C25H22N2O5S. The molecule has 0 fully saturated rings. The molecule has 0 saturated heterocycles. The standard InChI is InChI=1S/C25H22N2O5S/c1-30-16-9-10-18-20(13-16)32-21(24(18)29)12-15-5-4-6-17(11-15)31-14-23(28)27-25-26-19-7-2-3-8-22(19)33-25/h4-6,9-13H,2-3,7-8,14H2,1H3,(H,26,27,28)/b21-12-. The fourth-order valence-electron chi connectivity index (χ4n) is 3.85. The number of benzene rings is 2. The highest BCUT2D eigenvalue weighted by molar-refractivity contribution is 7.15. The summed E-state index contributed by atoms with van der Waals surface area (Å²) in [5, 5.41) is 3.45. The normalized spacial score (nSPS) is 15.5. The molecule has 0 atom stereocenters. The largest absolute Gasteiger partial charge is 0.497 e. The summed E-state index contributed by atoms with van der Waals surface area (Å²) >= 11 is 1.54. The number of allylic oxidation sites excluding steroid dienone is 1. The van der Waals surface area contributed by atoms with Crippen molar-refractivity contribution < 1.29 is 23.8 Å². The number of hydrogen-bond donors (Lipinski definition) is 1. The van der Waals surface area contributed by atoms with Gasteiger partial charge in [0.05, 0.1) is 18.4 Å². The Morgan fingerprint density at radius 2 is 2.06 bits per heavy atom. The van der Waals surface area contributed by atoms with E-state index in [1.807, 2.05) is 6.07 Å². The lowest BCUT2D eigenvalue weighted by molar-refractivity contribution is -0.118. The third kappa shape index (κ3) is 4.61. The molecule has 1 N–H and O–H groups in total. The predicted octanol–water partition coefficient (Wildman–Crippen LogP) is 4.66. The Balaban J connectivity index is 1.22. The highest BCUT2D eigenvalue weighted by Gasteiger charge is 2.27. The number of nitrogens with zero attached hydrogens (tertiary/aromatic N) is 1. The van der Waals surface area contributed by atoms with Crippen LogP contribution in [-0.4, -0.2) is 30.4 Å². The SMILES string of the molecule is COc1ccc2c(c1)O/C(=C\c1cccc(OCC(=O)Nc3nc4c(s3)CCCC4)c1)C2=O. The van der Waals surface area contributed by atoms with E-state index in [4.69, 9.17) is 14.2 Å². The van der Waals surface area contributed by atoms with Gasteiger partial charge in [-0.15, -0.1) is 11.3 Å². The van der Waals surface area contributed by atoms with Crippen LogP contribution < -0.4 is 19.5 Å². The number of rotatable bonds is 6. The van der Waals surface area contributed by atoms with Crippen molar-refractivity contribution in [3.05, 3.63) is 69.9 Å². The molecule has 1 aromatic heterocycles. The quantitative estimate of drug-likeness (QED) is 0.536.